The zero-order valence-electron chi connectivity index (χ0n) is 11.6. The Morgan fingerprint density at radius 2 is 1.71 bits per heavy atom. The molecule has 0 aliphatic heterocycles. The smallest absolute Gasteiger partial charge is 0.269 e. The van der Waals surface area contributed by atoms with E-state index in [1.807, 2.05) is 20.8 Å². The zero-order valence-corrected chi connectivity index (χ0v) is 11.6. The summed E-state index contributed by atoms with van der Waals surface area (Å²) < 4.78 is 0. The summed E-state index contributed by atoms with van der Waals surface area (Å²) in [5.41, 5.74) is -0.429. The van der Waals surface area contributed by atoms with Crippen molar-refractivity contribution in [3.8, 4) is 0 Å². The summed E-state index contributed by atoms with van der Waals surface area (Å²) in [6.45, 7) is 7.87. The van der Waals surface area contributed by atoms with Crippen LogP contribution in [0.4, 0.5) is 0 Å². The van der Waals surface area contributed by atoms with Gasteiger partial charge in [-0.3, -0.25) is 4.89 Å². The molecule has 17 heavy (non-hydrogen) atoms. The Morgan fingerprint density at radius 3 is 2.29 bits per heavy atom. The summed E-state index contributed by atoms with van der Waals surface area (Å²) >= 11 is 0. The summed E-state index contributed by atoms with van der Waals surface area (Å²) in [6, 6.07) is 0. The Bertz CT molecular complexity index is 202. The quantitative estimate of drug-likeness (QED) is 0.333. The summed E-state index contributed by atoms with van der Waals surface area (Å²) in [4.78, 5) is 20.7. The number of unbranched alkanes of at least 4 members (excludes halogenated alkanes) is 4. The van der Waals surface area contributed by atoms with Crippen LogP contribution in [0.2, 0.25) is 0 Å². The number of hydrogen-bond acceptors (Lipinski definition) is 4. The SMILES string of the molecule is CCCCCCCC(=O)OOOC(C)(C)CC. The molecule has 4 nitrogen and oxygen atoms in total. The minimum Gasteiger partial charge on any atom is -0.269 e. The highest BCUT2D eigenvalue weighted by Crippen LogP contribution is 2.14. The highest BCUT2D eigenvalue weighted by molar-refractivity contribution is 5.68. The summed E-state index contributed by atoms with van der Waals surface area (Å²) in [7, 11) is 0. The van der Waals surface area contributed by atoms with Crippen molar-refractivity contribution in [3.63, 3.8) is 0 Å². The van der Waals surface area contributed by atoms with E-state index in [4.69, 9.17) is 4.89 Å². The molecular weight excluding hydrogens is 220 g/mol. The predicted molar refractivity (Wildman–Crippen MR) is 66.0 cm³/mol. The fraction of sp³-hybridized carbons (Fsp3) is 0.923. The molecule has 0 heterocycles. The molecule has 0 aliphatic rings. The summed E-state index contributed by atoms with van der Waals surface area (Å²) in [6.07, 6.45) is 6.67. The van der Waals surface area contributed by atoms with Gasteiger partial charge in [0, 0.05) is 6.42 Å². The maximum absolute atomic E-state index is 11.2. The first kappa shape index (κ1) is 16.4. The van der Waals surface area contributed by atoms with Gasteiger partial charge in [-0.2, -0.15) is 4.89 Å². The van der Waals surface area contributed by atoms with Gasteiger partial charge in [-0.05, 0) is 31.7 Å². The van der Waals surface area contributed by atoms with Gasteiger partial charge in [-0.1, -0.05) is 39.5 Å². The van der Waals surface area contributed by atoms with Crippen LogP contribution in [0.15, 0.2) is 0 Å². The minimum atomic E-state index is -0.429. The van der Waals surface area contributed by atoms with Crippen LogP contribution in [0.1, 0.15) is 72.6 Å². The van der Waals surface area contributed by atoms with Crippen molar-refractivity contribution >= 4 is 5.97 Å². The van der Waals surface area contributed by atoms with Crippen LogP contribution in [0.3, 0.4) is 0 Å². The van der Waals surface area contributed by atoms with E-state index < -0.39 is 5.60 Å². The Kier molecular flexibility index (Phi) is 9.09. The molecule has 0 bridgehead atoms. The van der Waals surface area contributed by atoms with Gasteiger partial charge in [0.05, 0.1) is 0 Å². The van der Waals surface area contributed by atoms with E-state index in [0.29, 0.717) is 6.42 Å². The Labute approximate surface area is 104 Å². The van der Waals surface area contributed by atoms with E-state index in [2.05, 4.69) is 16.8 Å². The minimum absolute atomic E-state index is 0.367. The van der Waals surface area contributed by atoms with E-state index in [-0.39, 0.29) is 5.97 Å². The van der Waals surface area contributed by atoms with Crippen LogP contribution in [-0.2, 0) is 19.6 Å². The number of carbonyl (C=O) groups excluding carboxylic acids is 1. The van der Waals surface area contributed by atoms with E-state index >= 15 is 0 Å². The topological polar surface area (TPSA) is 44.8 Å². The standard InChI is InChI=1S/C13H26O4/c1-5-7-8-9-10-11-12(14)15-17-16-13(3,4)6-2/h5-11H2,1-4H3. The summed E-state index contributed by atoms with van der Waals surface area (Å²) in [5.74, 6) is -0.367. The third-order valence-electron chi connectivity index (χ3n) is 2.72. The lowest BCUT2D eigenvalue weighted by Gasteiger charge is -2.19. The molecule has 102 valence electrons. The predicted octanol–water partition coefficient (Wildman–Crippen LogP) is 3.94. The molecule has 0 saturated carbocycles. The highest BCUT2D eigenvalue weighted by Gasteiger charge is 2.18. The lowest BCUT2D eigenvalue weighted by Crippen LogP contribution is -2.24. The molecule has 4 heteroatoms. The molecule has 0 amide bonds. The normalized spacial score (nSPS) is 11.5. The van der Waals surface area contributed by atoms with Gasteiger partial charge >= 0.3 is 5.97 Å². The van der Waals surface area contributed by atoms with Crippen molar-refractivity contribution in [2.75, 3.05) is 0 Å². The maximum Gasteiger partial charge on any atom is 0.345 e. The zero-order chi connectivity index (χ0) is 13.1. The second kappa shape index (κ2) is 9.42. The van der Waals surface area contributed by atoms with E-state index in [1.54, 1.807) is 0 Å². The average molecular weight is 246 g/mol. The number of carbonyl (C=O) groups is 1. The molecule has 0 aromatic carbocycles. The second-order valence-electron chi connectivity index (χ2n) is 4.88. The van der Waals surface area contributed by atoms with Gasteiger partial charge in [0.1, 0.15) is 5.60 Å². The average Bonchev–Trinajstić information content (AvgIpc) is 2.28. The third-order valence-corrected chi connectivity index (χ3v) is 2.72. The van der Waals surface area contributed by atoms with E-state index in [1.165, 1.54) is 19.3 Å². The molecule has 0 aromatic heterocycles. The fourth-order valence-electron chi connectivity index (χ4n) is 1.12. The highest BCUT2D eigenvalue weighted by atomic mass is 17.5. The molecule has 0 aromatic rings. The largest absolute Gasteiger partial charge is 0.345 e. The van der Waals surface area contributed by atoms with Gasteiger partial charge in [-0.25, -0.2) is 4.79 Å². The fourth-order valence-corrected chi connectivity index (χ4v) is 1.12. The first-order chi connectivity index (χ1) is 8.02. The first-order valence-electron chi connectivity index (χ1n) is 6.57. The van der Waals surface area contributed by atoms with Crippen LogP contribution in [0.5, 0.6) is 0 Å². The van der Waals surface area contributed by atoms with Crippen molar-refractivity contribution < 1.29 is 19.6 Å². The van der Waals surface area contributed by atoms with Crippen LogP contribution >= 0.6 is 0 Å². The van der Waals surface area contributed by atoms with Gasteiger partial charge < -0.3 is 0 Å². The molecule has 0 spiro atoms. The molecule has 0 saturated heterocycles. The van der Waals surface area contributed by atoms with Gasteiger partial charge in [0.15, 0.2) is 0 Å². The van der Waals surface area contributed by atoms with Crippen molar-refractivity contribution in [3.05, 3.63) is 0 Å². The van der Waals surface area contributed by atoms with Gasteiger partial charge in [-0.15, -0.1) is 0 Å². The maximum atomic E-state index is 11.2. The van der Waals surface area contributed by atoms with Crippen LogP contribution in [-0.4, -0.2) is 11.6 Å². The van der Waals surface area contributed by atoms with Crippen LogP contribution < -0.4 is 0 Å². The monoisotopic (exact) mass is 246 g/mol. The summed E-state index contributed by atoms with van der Waals surface area (Å²) in [5, 5.41) is 4.48. The molecule has 0 radical (unpaired) electrons. The third kappa shape index (κ3) is 10.3. The van der Waals surface area contributed by atoms with Crippen molar-refractivity contribution in [2.24, 2.45) is 0 Å². The second-order valence-corrected chi connectivity index (χ2v) is 4.88. The van der Waals surface area contributed by atoms with Crippen LogP contribution in [0.25, 0.3) is 0 Å². The first-order valence-corrected chi connectivity index (χ1v) is 6.57. The van der Waals surface area contributed by atoms with E-state index in [0.717, 1.165) is 19.3 Å². The molecular formula is C13H26O4. The van der Waals surface area contributed by atoms with Crippen molar-refractivity contribution in [1.82, 2.24) is 0 Å². The Hall–Kier alpha value is -0.610. The molecule has 0 unspecified atom stereocenters. The molecule has 0 fully saturated rings. The van der Waals surface area contributed by atoms with Crippen molar-refractivity contribution in [2.45, 2.75) is 78.2 Å². The molecule has 0 atom stereocenters. The Morgan fingerprint density at radius 1 is 1.06 bits per heavy atom. The van der Waals surface area contributed by atoms with E-state index in [9.17, 15) is 4.79 Å². The lowest BCUT2D eigenvalue weighted by atomic mass is 10.1. The molecule has 0 rings (SSSR count). The number of rotatable bonds is 10. The lowest BCUT2D eigenvalue weighted by molar-refractivity contribution is -0.517. The number of hydrogen-bond donors (Lipinski definition) is 0. The van der Waals surface area contributed by atoms with Gasteiger partial charge in [0.2, 0.25) is 0 Å². The molecule has 0 N–H and O–H groups in total. The van der Waals surface area contributed by atoms with Crippen LogP contribution in [0, 0.1) is 0 Å². The molecule has 0 aliphatic carbocycles. The van der Waals surface area contributed by atoms with Crippen molar-refractivity contribution in [1.29, 1.82) is 0 Å². The van der Waals surface area contributed by atoms with Gasteiger partial charge in [0.25, 0.3) is 0 Å². The Balaban J connectivity index is 3.41.